The number of Topliss-reactive ketones (excluding diaryl/α,β-unsaturated/α-hetero) is 1. The van der Waals surface area contributed by atoms with Crippen LogP contribution in [0.1, 0.15) is 38.4 Å². The Kier molecular flexibility index (Phi) is 3.82. The lowest BCUT2D eigenvalue weighted by Crippen LogP contribution is -2.37. The minimum absolute atomic E-state index is 0.0938. The van der Waals surface area contributed by atoms with Crippen LogP contribution in [-0.2, 0) is 21.2 Å². The number of ketones is 1. The monoisotopic (exact) mass is 271 g/mol. The molecule has 1 heterocycles. The van der Waals surface area contributed by atoms with Crippen molar-refractivity contribution < 1.29 is 13.2 Å². The van der Waals surface area contributed by atoms with Gasteiger partial charge in [0.1, 0.15) is 11.6 Å². The Morgan fingerprint density at radius 3 is 2.67 bits per heavy atom. The Morgan fingerprint density at radius 2 is 2.11 bits per heavy atom. The van der Waals surface area contributed by atoms with Gasteiger partial charge in [-0.25, -0.2) is 18.1 Å². The molecule has 2 N–H and O–H groups in total. The number of sulfonamides is 1. The summed E-state index contributed by atoms with van der Waals surface area (Å²) in [6.07, 6.45) is 4.05. The quantitative estimate of drug-likeness (QED) is 0.845. The van der Waals surface area contributed by atoms with Gasteiger partial charge in [-0.2, -0.15) is 0 Å². The molecule has 1 aromatic rings. The van der Waals surface area contributed by atoms with Crippen LogP contribution in [0.25, 0.3) is 0 Å². The number of carbonyl (C=O) groups is 1. The lowest BCUT2D eigenvalue weighted by Gasteiger charge is -2.21. The van der Waals surface area contributed by atoms with E-state index in [2.05, 4.69) is 14.7 Å². The van der Waals surface area contributed by atoms with E-state index >= 15 is 0 Å². The van der Waals surface area contributed by atoms with Gasteiger partial charge in [-0.1, -0.05) is 6.92 Å². The number of imidazole rings is 1. The number of hydrogen-bond donors (Lipinski definition) is 2. The first-order valence-corrected chi connectivity index (χ1v) is 7.57. The number of nitrogens with zero attached hydrogens (tertiary/aromatic N) is 1. The normalized spacial score (nSPS) is 18.2. The Bertz CT molecular complexity index is 525. The molecule has 0 aromatic carbocycles. The molecule has 0 aliphatic heterocycles. The minimum atomic E-state index is -3.55. The first-order valence-electron chi connectivity index (χ1n) is 6.09. The molecule has 0 unspecified atom stereocenters. The lowest BCUT2D eigenvalue weighted by molar-refractivity contribution is -0.120. The number of H-pyrrole nitrogens is 1. The van der Waals surface area contributed by atoms with E-state index in [9.17, 15) is 13.2 Å². The maximum atomic E-state index is 12.0. The highest BCUT2D eigenvalue weighted by Crippen LogP contribution is 2.17. The number of hydrogen-bond acceptors (Lipinski definition) is 4. The largest absolute Gasteiger partial charge is 0.332 e. The van der Waals surface area contributed by atoms with E-state index in [1.54, 1.807) is 0 Å². The van der Waals surface area contributed by atoms with Crippen molar-refractivity contribution in [1.29, 1.82) is 0 Å². The standard InChI is InChI=1S/C11H17N3O3S/c1-2-10-12-7-11(13-10)18(16,17)14-8-3-5-9(15)6-4-8/h7-8,14H,2-6H2,1H3,(H,12,13). The lowest BCUT2D eigenvalue weighted by atomic mass is 9.95. The second kappa shape index (κ2) is 5.19. The molecule has 1 saturated carbocycles. The minimum Gasteiger partial charge on any atom is -0.332 e. The molecule has 0 radical (unpaired) electrons. The van der Waals surface area contributed by atoms with Crippen molar-refractivity contribution in [3.05, 3.63) is 12.0 Å². The molecule has 18 heavy (non-hydrogen) atoms. The molecule has 1 aromatic heterocycles. The van der Waals surface area contributed by atoms with Crippen LogP contribution < -0.4 is 4.72 Å². The van der Waals surface area contributed by atoms with E-state index in [-0.39, 0.29) is 16.9 Å². The van der Waals surface area contributed by atoms with Gasteiger partial charge in [0.15, 0.2) is 5.03 Å². The van der Waals surface area contributed by atoms with Crippen molar-refractivity contribution >= 4 is 15.8 Å². The highest BCUT2D eigenvalue weighted by molar-refractivity contribution is 7.89. The van der Waals surface area contributed by atoms with Crippen molar-refractivity contribution in [1.82, 2.24) is 14.7 Å². The fourth-order valence-corrected chi connectivity index (χ4v) is 3.25. The third-order valence-corrected chi connectivity index (χ3v) is 4.52. The SMILES string of the molecule is CCc1ncc(S(=O)(=O)NC2CCC(=O)CC2)[nH]1. The van der Waals surface area contributed by atoms with Gasteiger partial charge in [0, 0.05) is 25.3 Å². The fourth-order valence-electron chi connectivity index (χ4n) is 2.00. The summed E-state index contributed by atoms with van der Waals surface area (Å²) in [7, 11) is -3.55. The van der Waals surface area contributed by atoms with Gasteiger partial charge < -0.3 is 4.98 Å². The number of aromatic nitrogens is 2. The molecule has 7 heteroatoms. The Labute approximate surface area is 106 Å². The van der Waals surface area contributed by atoms with E-state index in [4.69, 9.17) is 0 Å². The Morgan fingerprint density at radius 1 is 1.44 bits per heavy atom. The predicted octanol–water partition coefficient (Wildman–Crippen LogP) is 0.762. The van der Waals surface area contributed by atoms with Gasteiger partial charge in [0.2, 0.25) is 0 Å². The van der Waals surface area contributed by atoms with Crippen molar-refractivity contribution in [2.45, 2.75) is 50.1 Å². The smallest absolute Gasteiger partial charge is 0.257 e. The number of carbonyl (C=O) groups excluding carboxylic acids is 1. The van der Waals surface area contributed by atoms with Crippen molar-refractivity contribution in [2.24, 2.45) is 0 Å². The molecule has 0 spiro atoms. The van der Waals surface area contributed by atoms with Crippen LogP contribution in [0.2, 0.25) is 0 Å². The molecule has 6 nitrogen and oxygen atoms in total. The molecule has 0 atom stereocenters. The van der Waals surface area contributed by atoms with Crippen LogP contribution >= 0.6 is 0 Å². The highest BCUT2D eigenvalue weighted by Gasteiger charge is 2.25. The summed E-state index contributed by atoms with van der Waals surface area (Å²) < 4.78 is 26.7. The van der Waals surface area contributed by atoms with E-state index < -0.39 is 10.0 Å². The summed E-state index contributed by atoms with van der Waals surface area (Å²) in [6.45, 7) is 1.90. The van der Waals surface area contributed by atoms with Crippen LogP contribution in [0.3, 0.4) is 0 Å². The molecule has 1 fully saturated rings. The van der Waals surface area contributed by atoms with Crippen molar-refractivity contribution in [3.63, 3.8) is 0 Å². The summed E-state index contributed by atoms with van der Waals surface area (Å²) in [6, 6.07) is -0.152. The van der Waals surface area contributed by atoms with Gasteiger partial charge in [0.05, 0.1) is 6.20 Å². The second-order valence-corrected chi connectivity index (χ2v) is 6.16. The fraction of sp³-hybridized carbons (Fsp3) is 0.636. The Hall–Kier alpha value is -1.21. The molecule has 1 aliphatic carbocycles. The second-order valence-electron chi connectivity index (χ2n) is 4.48. The molecular weight excluding hydrogens is 254 g/mol. The van der Waals surface area contributed by atoms with Gasteiger partial charge in [0.25, 0.3) is 10.0 Å². The van der Waals surface area contributed by atoms with Crippen LogP contribution in [-0.4, -0.2) is 30.2 Å². The highest BCUT2D eigenvalue weighted by atomic mass is 32.2. The number of rotatable bonds is 4. The molecule has 0 bridgehead atoms. The third-order valence-electron chi connectivity index (χ3n) is 3.09. The summed E-state index contributed by atoms with van der Waals surface area (Å²) >= 11 is 0. The summed E-state index contributed by atoms with van der Waals surface area (Å²) in [5.41, 5.74) is 0. The van der Waals surface area contributed by atoms with Crippen LogP contribution in [0.4, 0.5) is 0 Å². The summed E-state index contributed by atoms with van der Waals surface area (Å²) in [4.78, 5) is 17.8. The van der Waals surface area contributed by atoms with Crippen molar-refractivity contribution in [3.8, 4) is 0 Å². The van der Waals surface area contributed by atoms with Crippen molar-refractivity contribution in [2.75, 3.05) is 0 Å². The zero-order chi connectivity index (χ0) is 13.2. The van der Waals surface area contributed by atoms with Gasteiger partial charge in [-0.3, -0.25) is 4.79 Å². The molecule has 0 saturated heterocycles. The van der Waals surface area contributed by atoms with Gasteiger partial charge in [-0.15, -0.1) is 0 Å². The maximum absolute atomic E-state index is 12.0. The van der Waals surface area contributed by atoms with Crippen LogP contribution in [0.5, 0.6) is 0 Å². The molecule has 1 aliphatic rings. The first kappa shape index (κ1) is 13.2. The Balaban J connectivity index is 2.05. The zero-order valence-electron chi connectivity index (χ0n) is 10.3. The molecule has 100 valence electrons. The molecule has 2 rings (SSSR count). The molecular formula is C11H17N3O3S. The molecule has 0 amide bonds. The number of aromatic amines is 1. The summed E-state index contributed by atoms with van der Waals surface area (Å²) in [5, 5.41) is 0.0938. The van der Waals surface area contributed by atoms with E-state index in [0.717, 1.165) is 0 Å². The van der Waals surface area contributed by atoms with Crippen LogP contribution in [0.15, 0.2) is 11.2 Å². The zero-order valence-corrected chi connectivity index (χ0v) is 11.1. The average molecular weight is 271 g/mol. The van der Waals surface area contributed by atoms with E-state index in [1.807, 2.05) is 6.92 Å². The summed E-state index contributed by atoms with van der Waals surface area (Å²) in [5.74, 6) is 0.856. The van der Waals surface area contributed by atoms with Gasteiger partial charge in [-0.05, 0) is 12.8 Å². The number of aryl methyl sites for hydroxylation is 1. The predicted molar refractivity (Wildman–Crippen MR) is 65.6 cm³/mol. The first-order chi connectivity index (χ1) is 8.51. The van der Waals surface area contributed by atoms with Crippen LogP contribution in [0, 0.1) is 0 Å². The number of nitrogens with one attached hydrogen (secondary N) is 2. The average Bonchev–Trinajstić information content (AvgIpc) is 2.81. The van der Waals surface area contributed by atoms with E-state index in [0.29, 0.717) is 37.9 Å². The third kappa shape index (κ3) is 2.97. The topological polar surface area (TPSA) is 91.9 Å². The van der Waals surface area contributed by atoms with Gasteiger partial charge >= 0.3 is 0 Å². The maximum Gasteiger partial charge on any atom is 0.257 e. The van der Waals surface area contributed by atoms with E-state index in [1.165, 1.54) is 6.20 Å².